The van der Waals surface area contributed by atoms with E-state index >= 15 is 0 Å². The van der Waals surface area contributed by atoms with Gasteiger partial charge in [-0.3, -0.25) is 9.78 Å². The molecule has 13 heteroatoms. The summed E-state index contributed by atoms with van der Waals surface area (Å²) in [6, 6.07) is 16.0. The average Bonchev–Trinajstić information content (AvgIpc) is 3.37. The van der Waals surface area contributed by atoms with E-state index in [1.165, 1.54) is 35.2 Å². The molecule has 0 saturated carbocycles. The Bertz CT molecular complexity index is 1780. The van der Waals surface area contributed by atoms with Gasteiger partial charge in [-0.05, 0) is 54.1 Å². The fourth-order valence-electron chi connectivity index (χ4n) is 5.18. The molecule has 1 fully saturated rings. The van der Waals surface area contributed by atoms with Crippen LogP contribution in [0.3, 0.4) is 0 Å². The number of rotatable bonds is 10. The Balaban J connectivity index is 1.42. The average molecular weight is 622 g/mol. The molecule has 1 aromatic carbocycles. The third-order valence-corrected chi connectivity index (χ3v) is 7.22. The van der Waals surface area contributed by atoms with Gasteiger partial charge in [-0.15, -0.1) is 0 Å². The number of alkyl halides is 2. The third-order valence-electron chi connectivity index (χ3n) is 7.22. The SMILES string of the molecule is O=C(Nc1cc(-c2c(-c3ccccn3)c3nc(F)ccc3n2OC[C@H]2COCCO2)ccn1)[C@@H](CC(F)F)c1ccc(F)cc1. The number of pyridine rings is 3. The molecule has 1 N–H and O–H groups in total. The number of fused-ring (bicyclic) bond motifs is 1. The molecule has 6 rings (SSSR count). The zero-order valence-corrected chi connectivity index (χ0v) is 23.7. The molecule has 0 spiro atoms. The van der Waals surface area contributed by atoms with Gasteiger partial charge in [-0.1, -0.05) is 18.2 Å². The van der Waals surface area contributed by atoms with Gasteiger partial charge in [-0.2, -0.15) is 9.12 Å². The number of nitrogens with one attached hydrogen (secondary N) is 1. The van der Waals surface area contributed by atoms with Crippen LogP contribution in [0.5, 0.6) is 0 Å². The van der Waals surface area contributed by atoms with Crippen LogP contribution < -0.4 is 10.2 Å². The van der Waals surface area contributed by atoms with Gasteiger partial charge in [-0.25, -0.2) is 23.1 Å². The van der Waals surface area contributed by atoms with E-state index in [0.29, 0.717) is 47.9 Å². The number of amides is 1. The maximum atomic E-state index is 14.5. The highest BCUT2D eigenvalue weighted by Crippen LogP contribution is 2.39. The maximum Gasteiger partial charge on any atom is 0.239 e. The highest BCUT2D eigenvalue weighted by atomic mass is 19.3. The van der Waals surface area contributed by atoms with Gasteiger partial charge in [0, 0.05) is 24.4 Å². The highest BCUT2D eigenvalue weighted by Gasteiger charge is 2.28. The first-order valence-electron chi connectivity index (χ1n) is 14.1. The number of aromatic nitrogens is 4. The zero-order chi connectivity index (χ0) is 31.3. The highest BCUT2D eigenvalue weighted by molar-refractivity contribution is 6.02. The zero-order valence-electron chi connectivity index (χ0n) is 23.7. The summed E-state index contributed by atoms with van der Waals surface area (Å²) >= 11 is 0. The molecule has 45 heavy (non-hydrogen) atoms. The van der Waals surface area contributed by atoms with Gasteiger partial charge >= 0.3 is 0 Å². The molecule has 9 nitrogen and oxygen atoms in total. The molecular weight excluding hydrogens is 594 g/mol. The Morgan fingerprint density at radius 1 is 1.02 bits per heavy atom. The first-order chi connectivity index (χ1) is 21.9. The fraction of sp³-hybridized carbons (Fsp3) is 0.250. The summed E-state index contributed by atoms with van der Waals surface area (Å²) < 4.78 is 67.7. The topological polar surface area (TPSA) is 100 Å². The second-order valence-electron chi connectivity index (χ2n) is 10.2. The molecule has 232 valence electrons. The lowest BCUT2D eigenvalue weighted by Gasteiger charge is -2.24. The smallest absolute Gasteiger partial charge is 0.239 e. The lowest BCUT2D eigenvalue weighted by atomic mass is 9.95. The first kappa shape index (κ1) is 30.2. The fourth-order valence-corrected chi connectivity index (χ4v) is 5.18. The van der Waals surface area contributed by atoms with Crippen molar-refractivity contribution >= 4 is 22.8 Å². The number of carbonyl (C=O) groups excluding carboxylic acids is 1. The van der Waals surface area contributed by atoms with Crippen LogP contribution in [-0.2, 0) is 14.3 Å². The number of nitrogens with zero attached hydrogens (tertiary/aromatic N) is 4. The standard InChI is InChI=1S/C32H27F4N5O4/c33-21-6-4-19(5-7-21)23(16-26(34)35)32(42)40-28-15-20(10-12-38-28)31-29(24-3-1-2-11-37-24)30-25(8-9-27(36)39-30)41(31)45-18-22-17-43-13-14-44-22/h1-12,15,22-23,26H,13-14,16-18H2,(H,38,40,42)/t22-,23+/m1/s1. The van der Waals surface area contributed by atoms with Gasteiger partial charge in [0.05, 0.1) is 42.7 Å². The predicted octanol–water partition coefficient (Wildman–Crippen LogP) is 5.66. The van der Waals surface area contributed by atoms with E-state index in [2.05, 4.69) is 20.3 Å². The van der Waals surface area contributed by atoms with Crippen LogP contribution in [0.25, 0.3) is 33.5 Å². The van der Waals surface area contributed by atoms with E-state index in [0.717, 1.165) is 12.1 Å². The summed E-state index contributed by atoms with van der Waals surface area (Å²) in [6.45, 7) is 1.31. The monoisotopic (exact) mass is 621 g/mol. The van der Waals surface area contributed by atoms with E-state index < -0.39 is 36.4 Å². The summed E-state index contributed by atoms with van der Waals surface area (Å²) in [7, 11) is 0. The van der Waals surface area contributed by atoms with Crippen molar-refractivity contribution in [2.45, 2.75) is 24.9 Å². The maximum absolute atomic E-state index is 14.5. The Morgan fingerprint density at radius 2 is 1.87 bits per heavy atom. The van der Waals surface area contributed by atoms with E-state index in [4.69, 9.17) is 14.3 Å². The Kier molecular flexibility index (Phi) is 8.98. The number of carbonyl (C=O) groups is 1. The Labute approximate surface area is 254 Å². The number of hydrogen-bond donors (Lipinski definition) is 1. The van der Waals surface area contributed by atoms with Crippen molar-refractivity contribution in [3.63, 3.8) is 0 Å². The molecule has 0 unspecified atom stereocenters. The molecule has 1 aliphatic rings. The van der Waals surface area contributed by atoms with Crippen LogP contribution in [0.2, 0.25) is 0 Å². The Morgan fingerprint density at radius 3 is 2.60 bits per heavy atom. The van der Waals surface area contributed by atoms with Crippen molar-refractivity contribution in [2.24, 2.45) is 0 Å². The Hall–Kier alpha value is -4.88. The number of halogens is 4. The molecular formula is C32H27F4N5O4. The van der Waals surface area contributed by atoms with E-state index in [-0.39, 0.29) is 29.6 Å². The van der Waals surface area contributed by atoms with Crippen LogP contribution in [-0.4, -0.2) is 64.5 Å². The molecule has 1 amide bonds. The number of benzene rings is 1. The first-order valence-corrected chi connectivity index (χ1v) is 14.1. The summed E-state index contributed by atoms with van der Waals surface area (Å²) in [5.41, 5.74) is 2.80. The van der Waals surface area contributed by atoms with Gasteiger partial charge in [0.15, 0.2) is 0 Å². The van der Waals surface area contributed by atoms with Gasteiger partial charge < -0.3 is 19.6 Å². The third kappa shape index (κ3) is 6.79. The van der Waals surface area contributed by atoms with Gasteiger partial charge in [0.25, 0.3) is 0 Å². The van der Waals surface area contributed by atoms with Crippen molar-refractivity contribution in [1.29, 1.82) is 0 Å². The van der Waals surface area contributed by atoms with E-state index in [1.54, 1.807) is 36.5 Å². The molecule has 2 atom stereocenters. The van der Waals surface area contributed by atoms with Crippen LogP contribution in [0, 0.1) is 11.8 Å². The number of ether oxygens (including phenoxy) is 2. The molecule has 5 aromatic rings. The number of anilines is 1. The molecule has 5 heterocycles. The van der Waals surface area contributed by atoms with Crippen molar-refractivity contribution in [3.05, 3.63) is 96.5 Å². The normalized spacial score (nSPS) is 15.7. The molecule has 0 bridgehead atoms. The quantitative estimate of drug-likeness (QED) is 0.159. The summed E-state index contributed by atoms with van der Waals surface area (Å²) in [4.78, 5) is 32.4. The molecule has 4 aromatic heterocycles. The molecule has 1 saturated heterocycles. The summed E-state index contributed by atoms with van der Waals surface area (Å²) in [6.07, 6.45) is -0.896. The van der Waals surface area contributed by atoms with Crippen molar-refractivity contribution < 1.29 is 36.7 Å². The lowest BCUT2D eigenvalue weighted by Crippen LogP contribution is -2.35. The van der Waals surface area contributed by atoms with Crippen LogP contribution in [0.15, 0.2) is 79.1 Å². The van der Waals surface area contributed by atoms with Crippen LogP contribution in [0.1, 0.15) is 17.9 Å². The summed E-state index contributed by atoms with van der Waals surface area (Å²) in [5, 5.41) is 2.62. The summed E-state index contributed by atoms with van der Waals surface area (Å²) in [5.74, 6) is -3.21. The van der Waals surface area contributed by atoms with E-state index in [1.807, 2.05) is 0 Å². The second kappa shape index (κ2) is 13.4. The number of hydrogen-bond acceptors (Lipinski definition) is 7. The largest absolute Gasteiger partial charge is 0.410 e. The predicted molar refractivity (Wildman–Crippen MR) is 157 cm³/mol. The minimum atomic E-state index is -2.79. The van der Waals surface area contributed by atoms with Gasteiger partial charge in [0.1, 0.15) is 35.4 Å². The lowest BCUT2D eigenvalue weighted by molar-refractivity contribution is -0.118. The van der Waals surface area contributed by atoms with Crippen molar-refractivity contribution in [3.8, 4) is 22.5 Å². The minimum Gasteiger partial charge on any atom is -0.410 e. The van der Waals surface area contributed by atoms with Gasteiger partial charge in [0.2, 0.25) is 18.3 Å². The van der Waals surface area contributed by atoms with E-state index in [9.17, 15) is 22.4 Å². The molecule has 0 aliphatic carbocycles. The van der Waals surface area contributed by atoms with Crippen molar-refractivity contribution in [2.75, 3.05) is 31.7 Å². The second-order valence-corrected chi connectivity index (χ2v) is 10.2. The van der Waals surface area contributed by atoms with Crippen LogP contribution >= 0.6 is 0 Å². The molecule has 1 aliphatic heterocycles. The minimum absolute atomic E-state index is 0.0609. The van der Waals surface area contributed by atoms with Crippen LogP contribution in [0.4, 0.5) is 23.4 Å². The van der Waals surface area contributed by atoms with Crippen molar-refractivity contribution in [1.82, 2.24) is 19.7 Å². The molecule has 0 radical (unpaired) electrons.